The van der Waals surface area contributed by atoms with Gasteiger partial charge in [-0.15, -0.1) is 5.92 Å². The number of hydrogen-bond acceptors (Lipinski definition) is 6. The molecule has 9 heteroatoms. The Hall–Kier alpha value is -4.42. The highest BCUT2D eigenvalue weighted by Crippen LogP contribution is 2.29. The zero-order valence-electron chi connectivity index (χ0n) is 22.2. The highest BCUT2D eigenvalue weighted by molar-refractivity contribution is 6.04. The van der Waals surface area contributed by atoms with Gasteiger partial charge >= 0.3 is 5.69 Å². The summed E-state index contributed by atoms with van der Waals surface area (Å²) in [5.74, 6) is 6.63. The van der Waals surface area contributed by atoms with Crippen LogP contribution in [0.1, 0.15) is 36.5 Å². The van der Waals surface area contributed by atoms with Crippen LogP contribution >= 0.6 is 0 Å². The molecular formula is C30H31N7O2. The number of aliphatic imine (C=N–C) groups is 1. The highest BCUT2D eigenvalue weighted by atomic mass is 16.2. The standard InChI is InChI=1S/C30H31N7O2/c1-3-4-16-36-26-27(33-29(36)35-15-9-12-22(31)18-35)34(2)30(39)37(28(26)38)19-25-23-13-7-5-10-20(23)17-21-11-6-8-14-24(21)32-25/h5-8,10-11,13-14,22H,9,12,15-19,31H2,1-2H3. The molecule has 9 nitrogen and oxygen atoms in total. The average Bonchev–Trinajstić information content (AvgIpc) is 3.25. The summed E-state index contributed by atoms with van der Waals surface area (Å²) >= 11 is 0. The monoisotopic (exact) mass is 521 g/mol. The Morgan fingerprint density at radius 3 is 2.62 bits per heavy atom. The van der Waals surface area contributed by atoms with E-state index in [0.29, 0.717) is 35.9 Å². The van der Waals surface area contributed by atoms with E-state index in [2.05, 4.69) is 28.9 Å². The molecule has 0 amide bonds. The Morgan fingerprint density at radius 1 is 1.05 bits per heavy atom. The van der Waals surface area contributed by atoms with Gasteiger partial charge in [-0.25, -0.2) is 4.79 Å². The number of benzene rings is 2. The molecule has 2 aromatic carbocycles. The predicted octanol–water partition coefficient (Wildman–Crippen LogP) is 2.57. The molecule has 4 heterocycles. The van der Waals surface area contributed by atoms with Gasteiger partial charge < -0.3 is 10.6 Å². The molecule has 2 aliphatic rings. The molecule has 1 atom stereocenters. The lowest BCUT2D eigenvalue weighted by Crippen LogP contribution is -2.44. The number of anilines is 1. The molecule has 1 unspecified atom stereocenters. The minimum atomic E-state index is -0.432. The number of imidazole rings is 1. The van der Waals surface area contributed by atoms with Gasteiger partial charge in [-0.1, -0.05) is 48.4 Å². The van der Waals surface area contributed by atoms with Crippen molar-refractivity contribution >= 4 is 28.5 Å². The number of hydrogen-bond donors (Lipinski definition) is 1. The maximum absolute atomic E-state index is 14.1. The van der Waals surface area contributed by atoms with Gasteiger partial charge in [0.2, 0.25) is 5.95 Å². The summed E-state index contributed by atoms with van der Waals surface area (Å²) in [5, 5.41) is 0. The third-order valence-electron chi connectivity index (χ3n) is 7.63. The predicted molar refractivity (Wildman–Crippen MR) is 154 cm³/mol. The Kier molecular flexibility index (Phi) is 6.41. The molecule has 0 radical (unpaired) electrons. The van der Waals surface area contributed by atoms with Crippen LogP contribution in [0.15, 0.2) is 63.1 Å². The Labute approximate surface area is 226 Å². The first-order chi connectivity index (χ1) is 19.0. The van der Waals surface area contributed by atoms with E-state index in [-0.39, 0.29) is 12.6 Å². The van der Waals surface area contributed by atoms with Gasteiger partial charge in [0.1, 0.15) is 0 Å². The third kappa shape index (κ3) is 4.37. The Morgan fingerprint density at radius 2 is 1.82 bits per heavy atom. The number of para-hydroxylation sites is 1. The molecule has 1 fully saturated rings. The maximum atomic E-state index is 14.1. The first kappa shape index (κ1) is 24.9. The summed E-state index contributed by atoms with van der Waals surface area (Å²) in [6.07, 6.45) is 2.62. The van der Waals surface area contributed by atoms with Crippen LogP contribution in [0.25, 0.3) is 11.2 Å². The van der Waals surface area contributed by atoms with E-state index in [9.17, 15) is 9.59 Å². The minimum absolute atomic E-state index is 0.0287. The second-order valence-corrected chi connectivity index (χ2v) is 10.2. The van der Waals surface area contributed by atoms with Crippen molar-refractivity contribution in [2.75, 3.05) is 18.0 Å². The number of piperidine rings is 1. The molecule has 2 aliphatic heterocycles. The second-order valence-electron chi connectivity index (χ2n) is 10.2. The fourth-order valence-electron chi connectivity index (χ4n) is 5.65. The summed E-state index contributed by atoms with van der Waals surface area (Å²) < 4.78 is 4.56. The fourth-order valence-corrected chi connectivity index (χ4v) is 5.65. The van der Waals surface area contributed by atoms with E-state index in [1.165, 1.54) is 9.13 Å². The quantitative estimate of drug-likeness (QED) is 0.416. The van der Waals surface area contributed by atoms with Crippen molar-refractivity contribution in [3.05, 3.63) is 86.1 Å². The van der Waals surface area contributed by atoms with Crippen molar-refractivity contribution in [3.8, 4) is 11.8 Å². The number of aromatic nitrogens is 4. The van der Waals surface area contributed by atoms with Gasteiger partial charge in [0.05, 0.1) is 24.5 Å². The largest absolute Gasteiger partial charge is 0.341 e. The van der Waals surface area contributed by atoms with E-state index in [1.54, 1.807) is 14.0 Å². The molecule has 2 N–H and O–H groups in total. The number of nitrogens with two attached hydrogens (primary N) is 1. The van der Waals surface area contributed by atoms with Crippen LogP contribution in [0.2, 0.25) is 0 Å². The van der Waals surface area contributed by atoms with Gasteiger partial charge in [0.25, 0.3) is 5.56 Å². The van der Waals surface area contributed by atoms with E-state index in [0.717, 1.165) is 48.2 Å². The van der Waals surface area contributed by atoms with Crippen LogP contribution < -0.4 is 21.9 Å². The topological polar surface area (TPSA) is 103 Å². The minimum Gasteiger partial charge on any atom is -0.341 e. The van der Waals surface area contributed by atoms with Crippen LogP contribution in [-0.4, -0.2) is 43.5 Å². The molecule has 4 aromatic rings. The number of nitrogens with zero attached hydrogens (tertiary/aromatic N) is 6. The molecular weight excluding hydrogens is 490 g/mol. The van der Waals surface area contributed by atoms with Crippen LogP contribution in [-0.2, 0) is 26.6 Å². The molecule has 39 heavy (non-hydrogen) atoms. The molecule has 0 saturated carbocycles. The van der Waals surface area contributed by atoms with Crippen molar-refractivity contribution < 1.29 is 0 Å². The summed E-state index contributed by atoms with van der Waals surface area (Å²) in [7, 11) is 1.66. The molecule has 0 spiro atoms. The zero-order chi connectivity index (χ0) is 27.1. The number of aryl methyl sites for hydroxylation is 1. The van der Waals surface area contributed by atoms with E-state index >= 15 is 0 Å². The summed E-state index contributed by atoms with van der Waals surface area (Å²) in [4.78, 5) is 39.6. The van der Waals surface area contributed by atoms with Crippen LogP contribution in [0.3, 0.4) is 0 Å². The van der Waals surface area contributed by atoms with Crippen LogP contribution in [0.4, 0.5) is 11.6 Å². The molecule has 198 valence electrons. The smallest absolute Gasteiger partial charge is 0.332 e. The van der Waals surface area contributed by atoms with E-state index in [1.807, 2.05) is 41.0 Å². The highest BCUT2D eigenvalue weighted by Gasteiger charge is 2.27. The first-order valence-corrected chi connectivity index (χ1v) is 13.3. The van der Waals surface area contributed by atoms with Gasteiger partial charge in [-0.05, 0) is 37.0 Å². The Bertz CT molecular complexity index is 1800. The van der Waals surface area contributed by atoms with Gasteiger partial charge in [0, 0.05) is 38.2 Å². The molecule has 1 saturated heterocycles. The summed E-state index contributed by atoms with van der Waals surface area (Å²) in [6, 6.07) is 16.1. The SMILES string of the molecule is CC#CCn1c(N2CCCC(N)C2)nc2c1c(=O)n(CC1=Nc3ccccc3Cc3ccccc31)c(=O)n2C. The van der Waals surface area contributed by atoms with Crippen molar-refractivity contribution in [2.24, 2.45) is 17.8 Å². The third-order valence-corrected chi connectivity index (χ3v) is 7.63. The van der Waals surface area contributed by atoms with E-state index in [4.69, 9.17) is 15.7 Å². The number of rotatable bonds is 4. The van der Waals surface area contributed by atoms with Crippen molar-refractivity contribution in [3.63, 3.8) is 0 Å². The van der Waals surface area contributed by atoms with Crippen molar-refractivity contribution in [1.29, 1.82) is 0 Å². The van der Waals surface area contributed by atoms with Crippen LogP contribution in [0.5, 0.6) is 0 Å². The van der Waals surface area contributed by atoms with Gasteiger partial charge in [-0.3, -0.25) is 23.5 Å². The molecule has 2 aromatic heterocycles. The molecule has 0 bridgehead atoms. The lowest BCUT2D eigenvalue weighted by molar-refractivity contribution is 0.496. The van der Waals surface area contributed by atoms with Gasteiger partial charge in [-0.2, -0.15) is 4.98 Å². The normalized spacial score (nSPS) is 16.6. The van der Waals surface area contributed by atoms with Crippen LogP contribution in [0, 0.1) is 11.8 Å². The summed E-state index contributed by atoms with van der Waals surface area (Å²) in [6.45, 7) is 3.52. The molecule has 6 rings (SSSR count). The lowest BCUT2D eigenvalue weighted by atomic mass is 9.98. The maximum Gasteiger partial charge on any atom is 0.332 e. The molecule has 0 aliphatic carbocycles. The number of fused-ring (bicyclic) bond motifs is 3. The van der Waals surface area contributed by atoms with Crippen molar-refractivity contribution in [1.82, 2.24) is 18.7 Å². The zero-order valence-corrected chi connectivity index (χ0v) is 22.2. The summed E-state index contributed by atoms with van der Waals surface area (Å²) in [5.41, 5.74) is 10.8. The van der Waals surface area contributed by atoms with Crippen molar-refractivity contribution in [2.45, 2.75) is 45.3 Å². The van der Waals surface area contributed by atoms with E-state index < -0.39 is 11.2 Å². The average molecular weight is 522 g/mol. The van der Waals surface area contributed by atoms with Gasteiger partial charge in [0.15, 0.2) is 11.2 Å². The lowest BCUT2D eigenvalue weighted by Gasteiger charge is -2.31. The Balaban J connectivity index is 1.54. The first-order valence-electron chi connectivity index (χ1n) is 13.3. The second kappa shape index (κ2) is 10.0. The fraction of sp³-hybridized carbons (Fsp3) is 0.333.